The first kappa shape index (κ1) is 16.9. The minimum Gasteiger partial charge on any atom is -0.484 e. The number of fused-ring (bicyclic) bond motifs is 1. The zero-order valence-corrected chi connectivity index (χ0v) is 15.5. The van der Waals surface area contributed by atoms with Gasteiger partial charge >= 0.3 is 0 Å². The largest absolute Gasteiger partial charge is 0.484 e. The van der Waals surface area contributed by atoms with Crippen LogP contribution in [-0.2, 0) is 4.79 Å². The molecule has 3 nitrogen and oxygen atoms in total. The summed E-state index contributed by atoms with van der Waals surface area (Å²) in [6.45, 7) is 4.00. The third-order valence-corrected chi connectivity index (χ3v) is 6.85. The van der Waals surface area contributed by atoms with Gasteiger partial charge < -0.3 is 9.64 Å². The second kappa shape index (κ2) is 7.01. The van der Waals surface area contributed by atoms with E-state index in [4.69, 9.17) is 4.74 Å². The smallest absolute Gasteiger partial charge is 0.260 e. The van der Waals surface area contributed by atoms with E-state index in [1.165, 1.54) is 44.9 Å². The van der Waals surface area contributed by atoms with Crippen molar-refractivity contribution >= 4 is 5.91 Å². The van der Waals surface area contributed by atoms with Crippen molar-refractivity contribution in [3.8, 4) is 5.75 Å². The van der Waals surface area contributed by atoms with Crippen molar-refractivity contribution in [3.05, 3.63) is 30.3 Å². The Hall–Kier alpha value is -1.51. The second-order valence-electron chi connectivity index (χ2n) is 8.77. The van der Waals surface area contributed by atoms with Crippen molar-refractivity contribution in [3.63, 3.8) is 0 Å². The van der Waals surface area contributed by atoms with Gasteiger partial charge in [0.2, 0.25) is 0 Å². The van der Waals surface area contributed by atoms with Gasteiger partial charge in [-0.3, -0.25) is 4.79 Å². The lowest BCUT2D eigenvalue weighted by atomic mass is 9.58. The maximum absolute atomic E-state index is 12.8. The number of hydrogen-bond donors (Lipinski definition) is 0. The van der Waals surface area contributed by atoms with Crippen LogP contribution in [0.2, 0.25) is 0 Å². The molecule has 0 N–H and O–H groups in total. The number of benzene rings is 1. The van der Waals surface area contributed by atoms with Crippen molar-refractivity contribution in [2.75, 3.05) is 19.7 Å². The fourth-order valence-electron chi connectivity index (χ4n) is 6.10. The van der Waals surface area contributed by atoms with Crippen molar-refractivity contribution in [1.82, 2.24) is 4.90 Å². The highest BCUT2D eigenvalue weighted by atomic mass is 16.5. The highest BCUT2D eigenvalue weighted by Crippen LogP contribution is 2.57. The number of ether oxygens (including phenoxy) is 1. The van der Waals surface area contributed by atoms with Crippen LogP contribution in [0.1, 0.15) is 51.9 Å². The number of amides is 1. The van der Waals surface area contributed by atoms with Crippen LogP contribution < -0.4 is 4.74 Å². The molecular weight excluding hydrogens is 310 g/mol. The van der Waals surface area contributed by atoms with Crippen molar-refractivity contribution in [2.24, 2.45) is 23.2 Å². The van der Waals surface area contributed by atoms with Gasteiger partial charge in [-0.25, -0.2) is 0 Å². The highest BCUT2D eigenvalue weighted by molar-refractivity contribution is 5.77. The summed E-state index contributed by atoms with van der Waals surface area (Å²) in [5.74, 6) is 3.68. The predicted molar refractivity (Wildman–Crippen MR) is 99.4 cm³/mol. The van der Waals surface area contributed by atoms with Gasteiger partial charge in [-0.15, -0.1) is 0 Å². The van der Waals surface area contributed by atoms with Crippen LogP contribution in [0.4, 0.5) is 0 Å². The highest BCUT2D eigenvalue weighted by Gasteiger charge is 2.49. The SMILES string of the molecule is CCN(CC12CC3C[C@@H](CC[C@@H](C3)C1)C2)C(=O)COc1ccccc1. The summed E-state index contributed by atoms with van der Waals surface area (Å²) in [7, 11) is 0. The Balaban J connectivity index is 1.40. The fraction of sp³-hybridized carbons (Fsp3) is 0.682. The summed E-state index contributed by atoms with van der Waals surface area (Å²) in [6.07, 6.45) is 9.82. The topological polar surface area (TPSA) is 29.5 Å². The average molecular weight is 341 g/mol. The quantitative estimate of drug-likeness (QED) is 0.761. The first-order valence-corrected chi connectivity index (χ1v) is 10.1. The minimum atomic E-state index is 0.140. The molecule has 0 saturated heterocycles. The van der Waals surface area contributed by atoms with Crippen molar-refractivity contribution in [2.45, 2.75) is 51.9 Å². The summed E-state index contributed by atoms with van der Waals surface area (Å²) in [5, 5.41) is 0. The van der Waals surface area contributed by atoms with Gasteiger partial charge in [-0.2, -0.15) is 0 Å². The number of rotatable bonds is 6. The number of nitrogens with zero attached hydrogens (tertiary/aromatic N) is 1. The molecule has 0 aliphatic heterocycles. The molecule has 4 fully saturated rings. The molecule has 0 radical (unpaired) electrons. The number of likely N-dealkylation sites (N-methyl/N-ethyl adjacent to an activating group) is 1. The minimum absolute atomic E-state index is 0.140. The van der Waals surface area contributed by atoms with E-state index in [0.29, 0.717) is 5.41 Å². The maximum atomic E-state index is 12.8. The molecule has 5 rings (SSSR count). The van der Waals surface area contributed by atoms with Gasteiger partial charge in [-0.1, -0.05) is 31.0 Å². The normalized spacial score (nSPS) is 33.1. The molecule has 2 unspecified atom stereocenters. The third kappa shape index (κ3) is 3.70. The number of carbonyl (C=O) groups is 1. The van der Waals surface area contributed by atoms with Crippen LogP contribution in [0.5, 0.6) is 5.75 Å². The van der Waals surface area contributed by atoms with E-state index in [1.54, 1.807) is 0 Å². The Bertz CT molecular complexity index is 583. The van der Waals surface area contributed by atoms with Crippen LogP contribution in [-0.4, -0.2) is 30.5 Å². The molecule has 1 amide bonds. The lowest BCUT2D eigenvalue weighted by Crippen LogP contribution is -2.48. The molecule has 1 aromatic rings. The number of hydrogen-bond acceptors (Lipinski definition) is 2. The Morgan fingerprint density at radius 3 is 2.36 bits per heavy atom. The molecule has 0 heterocycles. The molecule has 1 aromatic carbocycles. The fourth-order valence-corrected chi connectivity index (χ4v) is 6.10. The van der Waals surface area contributed by atoms with Gasteiger partial charge in [0.25, 0.3) is 5.91 Å². The molecule has 4 bridgehead atoms. The van der Waals surface area contributed by atoms with E-state index < -0.39 is 0 Å². The monoisotopic (exact) mass is 341 g/mol. The average Bonchev–Trinajstić information content (AvgIpc) is 2.84. The lowest BCUT2D eigenvalue weighted by molar-refractivity contribution is -0.136. The molecule has 0 aromatic heterocycles. The van der Waals surface area contributed by atoms with E-state index >= 15 is 0 Å². The Labute approximate surface area is 151 Å². The standard InChI is InChI=1S/C22H31NO2/c1-2-23(21(24)15-25-20-6-4-3-5-7-20)16-22-12-17-8-9-18(13-22)11-19(10-17)14-22/h3-7,17-19H,2,8-16H2,1H3/t17-,18+,19?,22?. The summed E-state index contributed by atoms with van der Waals surface area (Å²) in [5.41, 5.74) is 0.394. The van der Waals surface area contributed by atoms with Gasteiger partial charge in [0.05, 0.1) is 0 Å². The number of carbonyl (C=O) groups excluding carboxylic acids is 1. The first-order valence-electron chi connectivity index (χ1n) is 10.1. The third-order valence-electron chi connectivity index (χ3n) is 6.85. The molecule has 4 saturated carbocycles. The van der Waals surface area contributed by atoms with Crippen LogP contribution in [0, 0.1) is 23.2 Å². The van der Waals surface area contributed by atoms with Crippen LogP contribution in [0.3, 0.4) is 0 Å². The molecule has 3 heteroatoms. The molecular formula is C22H31NO2. The zero-order chi connectivity index (χ0) is 17.3. The van der Waals surface area contributed by atoms with Gasteiger partial charge in [-0.05, 0) is 74.3 Å². The molecule has 4 atom stereocenters. The van der Waals surface area contributed by atoms with E-state index in [2.05, 4.69) is 11.8 Å². The van der Waals surface area contributed by atoms with E-state index in [1.807, 2.05) is 30.3 Å². The van der Waals surface area contributed by atoms with Gasteiger partial charge in [0.15, 0.2) is 6.61 Å². The van der Waals surface area contributed by atoms with E-state index in [-0.39, 0.29) is 12.5 Å². The van der Waals surface area contributed by atoms with E-state index in [0.717, 1.165) is 36.6 Å². The summed E-state index contributed by atoms with van der Waals surface area (Å²) in [4.78, 5) is 14.8. The van der Waals surface area contributed by atoms with Crippen LogP contribution in [0.25, 0.3) is 0 Å². The maximum Gasteiger partial charge on any atom is 0.260 e. The lowest BCUT2D eigenvalue weighted by Gasteiger charge is -2.50. The summed E-state index contributed by atoms with van der Waals surface area (Å²) >= 11 is 0. The Morgan fingerprint density at radius 1 is 1.08 bits per heavy atom. The van der Waals surface area contributed by atoms with Crippen LogP contribution in [0.15, 0.2) is 30.3 Å². The summed E-state index contributed by atoms with van der Waals surface area (Å²) < 4.78 is 5.70. The molecule has 136 valence electrons. The zero-order valence-electron chi connectivity index (χ0n) is 15.5. The van der Waals surface area contributed by atoms with Gasteiger partial charge in [0.1, 0.15) is 5.75 Å². The Morgan fingerprint density at radius 2 is 1.72 bits per heavy atom. The van der Waals surface area contributed by atoms with E-state index in [9.17, 15) is 4.79 Å². The molecule has 4 aliphatic rings. The van der Waals surface area contributed by atoms with Crippen LogP contribution >= 0.6 is 0 Å². The second-order valence-corrected chi connectivity index (χ2v) is 8.77. The molecule has 4 aliphatic carbocycles. The Kier molecular flexibility index (Phi) is 4.75. The molecule has 0 spiro atoms. The van der Waals surface area contributed by atoms with Gasteiger partial charge in [0, 0.05) is 13.1 Å². The first-order chi connectivity index (χ1) is 12.2. The van der Waals surface area contributed by atoms with Crippen molar-refractivity contribution < 1.29 is 9.53 Å². The summed E-state index contributed by atoms with van der Waals surface area (Å²) in [6, 6.07) is 9.66. The molecule has 25 heavy (non-hydrogen) atoms. The number of para-hydroxylation sites is 1. The predicted octanol–water partition coefficient (Wildman–Crippen LogP) is 4.52. The van der Waals surface area contributed by atoms with Crippen molar-refractivity contribution in [1.29, 1.82) is 0 Å².